The van der Waals surface area contributed by atoms with Crippen LogP contribution in [0.2, 0.25) is 0 Å². The van der Waals surface area contributed by atoms with E-state index in [1.165, 1.54) is 0 Å². The van der Waals surface area contributed by atoms with E-state index in [0.717, 1.165) is 23.1 Å². The standard InChI is InChI=1S/C21H22O3/c1-15-7-6-10-18(13-15)20-19(16(2)21(22)24-20)11-12-23-14-17-8-4-3-5-9-17/h3-10,13,19-20H,2,11-12,14H2,1H3/t19-,20-/m1/s1. The van der Waals surface area contributed by atoms with E-state index >= 15 is 0 Å². The first-order chi connectivity index (χ1) is 11.6. The zero-order chi connectivity index (χ0) is 16.9. The summed E-state index contributed by atoms with van der Waals surface area (Å²) in [5.74, 6) is -0.329. The van der Waals surface area contributed by atoms with E-state index < -0.39 is 0 Å². The molecule has 0 spiro atoms. The molecule has 3 rings (SSSR count). The average Bonchev–Trinajstić information content (AvgIpc) is 2.88. The Hall–Kier alpha value is -2.39. The maximum absolute atomic E-state index is 11.9. The van der Waals surface area contributed by atoms with Crippen molar-refractivity contribution in [1.29, 1.82) is 0 Å². The third kappa shape index (κ3) is 3.74. The second-order valence-corrected chi connectivity index (χ2v) is 6.20. The van der Waals surface area contributed by atoms with Gasteiger partial charge in [0.25, 0.3) is 0 Å². The molecule has 1 fully saturated rings. The molecule has 24 heavy (non-hydrogen) atoms. The number of hydrogen-bond donors (Lipinski definition) is 0. The summed E-state index contributed by atoms with van der Waals surface area (Å²) in [6, 6.07) is 18.1. The molecule has 0 aliphatic carbocycles. The van der Waals surface area contributed by atoms with Gasteiger partial charge < -0.3 is 9.47 Å². The van der Waals surface area contributed by atoms with Crippen LogP contribution in [0.25, 0.3) is 0 Å². The Morgan fingerprint density at radius 3 is 2.67 bits per heavy atom. The van der Waals surface area contributed by atoms with Gasteiger partial charge in [0.05, 0.1) is 6.61 Å². The first-order valence-corrected chi connectivity index (χ1v) is 8.23. The van der Waals surface area contributed by atoms with Crippen molar-refractivity contribution in [3.63, 3.8) is 0 Å². The van der Waals surface area contributed by atoms with Gasteiger partial charge in [-0.05, 0) is 24.5 Å². The lowest BCUT2D eigenvalue weighted by molar-refractivity contribution is -0.139. The van der Waals surface area contributed by atoms with Gasteiger partial charge in [-0.15, -0.1) is 0 Å². The Kier molecular flexibility index (Phi) is 5.11. The largest absolute Gasteiger partial charge is 0.453 e. The summed E-state index contributed by atoms with van der Waals surface area (Å²) in [5.41, 5.74) is 3.87. The second-order valence-electron chi connectivity index (χ2n) is 6.20. The second kappa shape index (κ2) is 7.45. The lowest BCUT2D eigenvalue weighted by Crippen LogP contribution is -2.12. The molecule has 1 saturated heterocycles. The highest BCUT2D eigenvalue weighted by Gasteiger charge is 2.39. The summed E-state index contributed by atoms with van der Waals surface area (Å²) < 4.78 is 11.3. The number of esters is 1. The zero-order valence-corrected chi connectivity index (χ0v) is 13.9. The molecular weight excluding hydrogens is 300 g/mol. The van der Waals surface area contributed by atoms with E-state index in [9.17, 15) is 4.79 Å². The Morgan fingerprint density at radius 1 is 1.12 bits per heavy atom. The van der Waals surface area contributed by atoms with Crippen LogP contribution in [0, 0.1) is 12.8 Å². The van der Waals surface area contributed by atoms with Crippen molar-refractivity contribution in [2.75, 3.05) is 6.61 Å². The number of aryl methyl sites for hydroxylation is 1. The van der Waals surface area contributed by atoms with Crippen LogP contribution >= 0.6 is 0 Å². The molecule has 1 aliphatic heterocycles. The van der Waals surface area contributed by atoms with E-state index in [2.05, 4.69) is 12.6 Å². The fourth-order valence-electron chi connectivity index (χ4n) is 3.05. The lowest BCUT2D eigenvalue weighted by Gasteiger charge is -2.18. The Balaban J connectivity index is 1.61. The maximum atomic E-state index is 11.9. The van der Waals surface area contributed by atoms with Crippen LogP contribution in [-0.2, 0) is 20.9 Å². The van der Waals surface area contributed by atoms with Crippen LogP contribution in [-0.4, -0.2) is 12.6 Å². The molecule has 1 heterocycles. The molecule has 0 N–H and O–H groups in total. The van der Waals surface area contributed by atoms with E-state index in [1.807, 2.05) is 55.5 Å². The van der Waals surface area contributed by atoms with Gasteiger partial charge in [0.15, 0.2) is 0 Å². The summed E-state index contributed by atoms with van der Waals surface area (Å²) in [7, 11) is 0. The third-order valence-electron chi connectivity index (χ3n) is 4.36. The summed E-state index contributed by atoms with van der Waals surface area (Å²) in [6.07, 6.45) is 0.459. The van der Waals surface area contributed by atoms with Gasteiger partial charge in [0.1, 0.15) is 6.10 Å². The predicted molar refractivity (Wildman–Crippen MR) is 93.4 cm³/mol. The van der Waals surface area contributed by atoms with Crippen LogP contribution in [0.4, 0.5) is 0 Å². The normalized spacial score (nSPS) is 20.2. The van der Waals surface area contributed by atoms with Gasteiger partial charge >= 0.3 is 5.97 Å². The molecule has 2 aromatic rings. The van der Waals surface area contributed by atoms with Crippen LogP contribution in [0.15, 0.2) is 66.7 Å². The number of carbonyl (C=O) groups is 1. The minimum absolute atomic E-state index is 0.0323. The first kappa shape index (κ1) is 16.5. The molecule has 3 nitrogen and oxygen atoms in total. The Bertz CT molecular complexity index is 721. The van der Waals surface area contributed by atoms with E-state index in [1.54, 1.807) is 0 Å². The maximum Gasteiger partial charge on any atom is 0.334 e. The molecule has 2 atom stereocenters. The number of cyclic esters (lactones) is 1. The van der Waals surface area contributed by atoms with Crippen LogP contribution < -0.4 is 0 Å². The number of carbonyl (C=O) groups excluding carboxylic acids is 1. The fourth-order valence-corrected chi connectivity index (χ4v) is 3.05. The number of hydrogen-bond acceptors (Lipinski definition) is 3. The molecule has 0 bridgehead atoms. The monoisotopic (exact) mass is 322 g/mol. The number of ether oxygens (including phenoxy) is 2. The highest BCUT2D eigenvalue weighted by atomic mass is 16.6. The van der Waals surface area contributed by atoms with Gasteiger partial charge in [-0.2, -0.15) is 0 Å². The molecule has 3 heteroatoms. The van der Waals surface area contributed by atoms with Gasteiger partial charge in [-0.1, -0.05) is 66.7 Å². The van der Waals surface area contributed by atoms with Crippen molar-refractivity contribution >= 4 is 5.97 Å². The minimum atomic E-state index is -0.297. The summed E-state index contributed by atoms with van der Waals surface area (Å²) >= 11 is 0. The van der Waals surface area contributed by atoms with Crippen LogP contribution in [0.5, 0.6) is 0 Å². The van der Waals surface area contributed by atoms with Gasteiger partial charge in [-0.25, -0.2) is 4.79 Å². The Labute approximate surface area is 142 Å². The topological polar surface area (TPSA) is 35.5 Å². The smallest absolute Gasteiger partial charge is 0.334 e. The van der Waals surface area contributed by atoms with Crippen molar-refractivity contribution in [3.8, 4) is 0 Å². The minimum Gasteiger partial charge on any atom is -0.453 e. The molecule has 0 radical (unpaired) electrons. The molecule has 0 saturated carbocycles. The van der Waals surface area contributed by atoms with Gasteiger partial charge in [0.2, 0.25) is 0 Å². The zero-order valence-electron chi connectivity index (χ0n) is 13.9. The van der Waals surface area contributed by atoms with Crippen molar-refractivity contribution in [1.82, 2.24) is 0 Å². The SMILES string of the molecule is C=C1C(=O)O[C@H](c2cccc(C)c2)[C@@H]1CCOCc1ccccc1. The summed E-state index contributed by atoms with van der Waals surface area (Å²) in [6.45, 7) is 7.10. The van der Waals surface area contributed by atoms with Gasteiger partial charge in [0, 0.05) is 18.1 Å². The highest BCUT2D eigenvalue weighted by molar-refractivity contribution is 5.90. The van der Waals surface area contributed by atoms with Crippen molar-refractivity contribution < 1.29 is 14.3 Å². The third-order valence-corrected chi connectivity index (χ3v) is 4.36. The molecule has 0 aromatic heterocycles. The number of benzene rings is 2. The Morgan fingerprint density at radius 2 is 1.92 bits per heavy atom. The molecule has 0 unspecified atom stereocenters. The molecule has 0 amide bonds. The van der Waals surface area contributed by atoms with Crippen molar-refractivity contribution in [2.45, 2.75) is 26.1 Å². The highest BCUT2D eigenvalue weighted by Crippen LogP contribution is 2.40. The molecule has 124 valence electrons. The average molecular weight is 322 g/mol. The lowest BCUT2D eigenvalue weighted by atomic mass is 9.89. The molecule has 2 aromatic carbocycles. The van der Waals surface area contributed by atoms with E-state index in [-0.39, 0.29) is 18.0 Å². The quantitative estimate of drug-likeness (QED) is 0.450. The molecule has 1 aliphatic rings. The predicted octanol–water partition coefficient (Wildman–Crippen LogP) is 4.37. The van der Waals surface area contributed by atoms with Crippen LogP contribution in [0.3, 0.4) is 0 Å². The summed E-state index contributed by atoms with van der Waals surface area (Å²) in [4.78, 5) is 11.9. The summed E-state index contributed by atoms with van der Waals surface area (Å²) in [5, 5.41) is 0. The fraction of sp³-hybridized carbons (Fsp3) is 0.286. The van der Waals surface area contributed by atoms with Crippen molar-refractivity contribution in [2.24, 2.45) is 5.92 Å². The van der Waals surface area contributed by atoms with Crippen LogP contribution in [0.1, 0.15) is 29.2 Å². The molecular formula is C21H22O3. The van der Waals surface area contributed by atoms with Gasteiger partial charge in [-0.3, -0.25) is 0 Å². The van der Waals surface area contributed by atoms with E-state index in [4.69, 9.17) is 9.47 Å². The van der Waals surface area contributed by atoms with Crippen molar-refractivity contribution in [3.05, 3.63) is 83.4 Å². The number of rotatable bonds is 6. The first-order valence-electron chi connectivity index (χ1n) is 8.23. The van der Waals surface area contributed by atoms with E-state index in [0.29, 0.717) is 18.8 Å².